The predicted molar refractivity (Wildman–Crippen MR) is 77.6 cm³/mol. The number of rotatable bonds is 3. The van der Waals surface area contributed by atoms with E-state index in [0.717, 1.165) is 31.6 Å². The molecule has 1 atom stereocenters. The number of nitrogens with zero attached hydrogens (tertiary/aromatic N) is 3. The molecule has 1 saturated carbocycles. The lowest BCUT2D eigenvalue weighted by molar-refractivity contribution is 0.115. The highest BCUT2D eigenvalue weighted by atomic mass is 15.2. The largest absolute Gasteiger partial charge is 0.313 e. The highest BCUT2D eigenvalue weighted by Crippen LogP contribution is 2.29. The fourth-order valence-electron chi connectivity index (χ4n) is 3.65. The SMILES string of the molecule is CN1CCCC(CN(C)C2CCC(N)(C#N)CC2)C1. The first-order valence-corrected chi connectivity index (χ1v) is 7.61. The molecule has 0 aromatic heterocycles. The van der Waals surface area contributed by atoms with Gasteiger partial charge >= 0.3 is 0 Å². The molecule has 0 radical (unpaired) electrons. The Kier molecular flexibility index (Phi) is 4.83. The van der Waals surface area contributed by atoms with E-state index in [0.29, 0.717) is 6.04 Å². The molecule has 2 N–H and O–H groups in total. The van der Waals surface area contributed by atoms with E-state index in [9.17, 15) is 0 Å². The number of nitriles is 1. The van der Waals surface area contributed by atoms with Crippen molar-refractivity contribution in [1.29, 1.82) is 5.26 Å². The predicted octanol–water partition coefficient (Wildman–Crippen LogP) is 1.42. The summed E-state index contributed by atoms with van der Waals surface area (Å²) in [7, 11) is 4.47. The molecule has 19 heavy (non-hydrogen) atoms. The average Bonchev–Trinajstić information content (AvgIpc) is 2.39. The number of hydrogen-bond donors (Lipinski definition) is 1. The first kappa shape index (κ1) is 14.8. The Balaban J connectivity index is 1.78. The fourth-order valence-corrected chi connectivity index (χ4v) is 3.65. The van der Waals surface area contributed by atoms with Crippen molar-refractivity contribution in [2.45, 2.75) is 50.1 Å². The molecule has 4 heteroatoms. The number of nitrogens with two attached hydrogens (primary N) is 1. The minimum absolute atomic E-state index is 0.553. The molecule has 0 bridgehead atoms. The maximum Gasteiger partial charge on any atom is 0.104 e. The van der Waals surface area contributed by atoms with Gasteiger partial charge in [-0.1, -0.05) is 0 Å². The molecule has 2 fully saturated rings. The number of likely N-dealkylation sites (tertiary alicyclic amines) is 1. The van der Waals surface area contributed by atoms with Crippen molar-refractivity contribution in [2.75, 3.05) is 33.7 Å². The van der Waals surface area contributed by atoms with E-state index >= 15 is 0 Å². The molecule has 1 aliphatic carbocycles. The minimum Gasteiger partial charge on any atom is -0.313 e. The van der Waals surface area contributed by atoms with Crippen LogP contribution in [0.5, 0.6) is 0 Å². The third-order valence-electron chi connectivity index (χ3n) is 4.96. The van der Waals surface area contributed by atoms with Crippen molar-refractivity contribution in [3.63, 3.8) is 0 Å². The fraction of sp³-hybridized carbons (Fsp3) is 0.933. The van der Waals surface area contributed by atoms with E-state index in [1.807, 2.05) is 0 Å². The molecular weight excluding hydrogens is 236 g/mol. The smallest absolute Gasteiger partial charge is 0.104 e. The summed E-state index contributed by atoms with van der Waals surface area (Å²) in [6.45, 7) is 3.68. The van der Waals surface area contributed by atoms with Gasteiger partial charge in [0.15, 0.2) is 0 Å². The van der Waals surface area contributed by atoms with Gasteiger partial charge in [-0.25, -0.2) is 0 Å². The van der Waals surface area contributed by atoms with E-state index in [4.69, 9.17) is 11.0 Å². The molecule has 1 saturated heterocycles. The molecule has 0 aromatic rings. The summed E-state index contributed by atoms with van der Waals surface area (Å²) in [6, 6.07) is 2.90. The standard InChI is InChI=1S/C15H28N4/c1-18-9-3-4-13(10-18)11-19(2)14-5-7-15(17,12-16)8-6-14/h13-14H,3-11,17H2,1-2H3. The number of piperidine rings is 1. The Morgan fingerprint density at radius 2 is 2.05 bits per heavy atom. The van der Waals surface area contributed by atoms with Crippen LogP contribution in [0.1, 0.15) is 38.5 Å². The van der Waals surface area contributed by atoms with Gasteiger partial charge in [-0.05, 0) is 65.1 Å². The quantitative estimate of drug-likeness (QED) is 0.837. The molecule has 0 amide bonds. The molecule has 4 nitrogen and oxygen atoms in total. The maximum absolute atomic E-state index is 9.07. The highest BCUT2D eigenvalue weighted by Gasteiger charge is 2.33. The van der Waals surface area contributed by atoms with Gasteiger partial charge in [0, 0.05) is 19.1 Å². The van der Waals surface area contributed by atoms with E-state index in [1.54, 1.807) is 0 Å². The first-order valence-electron chi connectivity index (χ1n) is 7.61. The summed E-state index contributed by atoms with van der Waals surface area (Å²) in [5, 5.41) is 9.07. The topological polar surface area (TPSA) is 56.3 Å². The van der Waals surface area contributed by atoms with Gasteiger partial charge in [0.1, 0.15) is 5.54 Å². The zero-order valence-corrected chi connectivity index (χ0v) is 12.4. The van der Waals surface area contributed by atoms with Crippen molar-refractivity contribution in [3.05, 3.63) is 0 Å². The Morgan fingerprint density at radius 3 is 2.63 bits per heavy atom. The van der Waals surface area contributed by atoms with Crippen LogP contribution in [0, 0.1) is 17.2 Å². The summed E-state index contributed by atoms with van der Waals surface area (Å²) in [5.74, 6) is 0.810. The monoisotopic (exact) mass is 264 g/mol. The minimum atomic E-state index is -0.553. The Bertz CT molecular complexity index is 328. The van der Waals surface area contributed by atoms with Crippen molar-refractivity contribution in [1.82, 2.24) is 9.80 Å². The van der Waals surface area contributed by atoms with Crippen LogP contribution in [-0.2, 0) is 0 Å². The number of hydrogen-bond acceptors (Lipinski definition) is 4. The van der Waals surface area contributed by atoms with Gasteiger partial charge < -0.3 is 15.5 Å². The van der Waals surface area contributed by atoms with Crippen molar-refractivity contribution < 1.29 is 0 Å². The van der Waals surface area contributed by atoms with Crippen LogP contribution in [0.25, 0.3) is 0 Å². The molecule has 0 spiro atoms. The average molecular weight is 264 g/mol. The van der Waals surface area contributed by atoms with E-state index in [-0.39, 0.29) is 0 Å². The van der Waals surface area contributed by atoms with Crippen LogP contribution in [0.15, 0.2) is 0 Å². The second-order valence-electron chi connectivity index (χ2n) is 6.71. The Labute approximate surface area is 117 Å². The third kappa shape index (κ3) is 3.92. The van der Waals surface area contributed by atoms with Crippen molar-refractivity contribution in [2.24, 2.45) is 11.7 Å². The first-order chi connectivity index (χ1) is 9.02. The van der Waals surface area contributed by atoms with E-state index in [1.165, 1.54) is 32.5 Å². The van der Waals surface area contributed by atoms with Gasteiger partial charge in [-0.2, -0.15) is 5.26 Å². The Morgan fingerprint density at radius 1 is 1.37 bits per heavy atom. The van der Waals surface area contributed by atoms with Gasteiger partial charge in [-0.15, -0.1) is 0 Å². The summed E-state index contributed by atoms with van der Waals surface area (Å²) < 4.78 is 0. The molecule has 108 valence electrons. The molecule has 2 aliphatic rings. The lowest BCUT2D eigenvalue weighted by Gasteiger charge is -2.39. The molecule has 1 unspecified atom stereocenters. The lowest BCUT2D eigenvalue weighted by atomic mass is 9.80. The molecule has 1 aliphatic heterocycles. The van der Waals surface area contributed by atoms with Gasteiger partial charge in [0.2, 0.25) is 0 Å². The van der Waals surface area contributed by atoms with E-state index < -0.39 is 5.54 Å². The van der Waals surface area contributed by atoms with E-state index in [2.05, 4.69) is 30.0 Å². The van der Waals surface area contributed by atoms with Gasteiger partial charge in [0.05, 0.1) is 6.07 Å². The van der Waals surface area contributed by atoms with Crippen LogP contribution < -0.4 is 5.73 Å². The lowest BCUT2D eigenvalue weighted by Crippen LogP contribution is -2.48. The second-order valence-corrected chi connectivity index (χ2v) is 6.71. The van der Waals surface area contributed by atoms with Crippen LogP contribution in [0.4, 0.5) is 0 Å². The van der Waals surface area contributed by atoms with Gasteiger partial charge in [-0.3, -0.25) is 0 Å². The summed E-state index contributed by atoms with van der Waals surface area (Å²) in [6.07, 6.45) is 6.54. The summed E-state index contributed by atoms with van der Waals surface area (Å²) >= 11 is 0. The van der Waals surface area contributed by atoms with Crippen LogP contribution in [0.2, 0.25) is 0 Å². The molecular formula is C15H28N4. The molecule has 0 aromatic carbocycles. The van der Waals surface area contributed by atoms with Crippen LogP contribution in [-0.4, -0.2) is 55.1 Å². The summed E-state index contributed by atoms with van der Waals surface area (Å²) in [4.78, 5) is 4.96. The van der Waals surface area contributed by atoms with Crippen LogP contribution >= 0.6 is 0 Å². The zero-order valence-electron chi connectivity index (χ0n) is 12.4. The second kappa shape index (κ2) is 6.21. The Hall–Kier alpha value is -0.630. The van der Waals surface area contributed by atoms with Crippen molar-refractivity contribution >= 4 is 0 Å². The maximum atomic E-state index is 9.07. The normalized spacial score (nSPS) is 37.2. The third-order valence-corrected chi connectivity index (χ3v) is 4.96. The highest BCUT2D eigenvalue weighted by molar-refractivity contribution is 5.07. The zero-order chi connectivity index (χ0) is 13.9. The summed E-state index contributed by atoms with van der Waals surface area (Å²) in [5.41, 5.74) is 5.48. The molecule has 1 heterocycles. The van der Waals surface area contributed by atoms with Crippen molar-refractivity contribution in [3.8, 4) is 6.07 Å². The van der Waals surface area contributed by atoms with Gasteiger partial charge in [0.25, 0.3) is 0 Å². The van der Waals surface area contributed by atoms with Crippen LogP contribution in [0.3, 0.4) is 0 Å². The molecule has 2 rings (SSSR count).